The number of nitrogens with zero attached hydrogens (tertiary/aromatic N) is 1. The van der Waals surface area contributed by atoms with E-state index in [1.807, 2.05) is 0 Å². The minimum absolute atomic E-state index is 0.0928. The van der Waals surface area contributed by atoms with Gasteiger partial charge in [-0.3, -0.25) is 9.69 Å². The Kier molecular flexibility index (Phi) is 7.11. The number of halogens is 1. The van der Waals surface area contributed by atoms with E-state index in [0.717, 1.165) is 38.0 Å². The fraction of sp³-hybridized carbons (Fsp3) is 0.500. The largest absolute Gasteiger partial charge is 0.491 e. The first-order valence-electron chi connectivity index (χ1n) is 11.5. The number of methoxy groups -OCH3 is 1. The van der Waals surface area contributed by atoms with Crippen molar-refractivity contribution in [3.05, 3.63) is 64.5 Å². The van der Waals surface area contributed by atoms with Crippen molar-refractivity contribution in [3.63, 3.8) is 0 Å². The molecule has 2 aliphatic rings. The molecule has 0 aliphatic carbocycles. The van der Waals surface area contributed by atoms with E-state index in [0.29, 0.717) is 25.3 Å². The maximum atomic E-state index is 14.0. The molecule has 2 aromatic rings. The Morgan fingerprint density at radius 1 is 1.06 bits per heavy atom. The van der Waals surface area contributed by atoms with Crippen LogP contribution < -0.4 is 10.1 Å². The summed E-state index contributed by atoms with van der Waals surface area (Å²) in [6.07, 6.45) is 4.11. The van der Waals surface area contributed by atoms with E-state index in [-0.39, 0.29) is 17.5 Å². The number of nitrogens with one attached hydrogen (secondary N) is 1. The Morgan fingerprint density at radius 3 is 2.47 bits per heavy atom. The van der Waals surface area contributed by atoms with E-state index in [2.05, 4.69) is 36.2 Å². The van der Waals surface area contributed by atoms with Crippen LogP contribution in [0.2, 0.25) is 0 Å². The second-order valence-corrected chi connectivity index (χ2v) is 8.99. The number of benzene rings is 2. The lowest BCUT2D eigenvalue weighted by molar-refractivity contribution is 0.0824. The number of ether oxygens (including phenoxy) is 2. The van der Waals surface area contributed by atoms with Crippen molar-refractivity contribution in [2.45, 2.75) is 64.2 Å². The average molecular weight is 441 g/mol. The molecule has 0 spiro atoms. The molecule has 1 amide bonds. The molecule has 2 bridgehead atoms. The van der Waals surface area contributed by atoms with Gasteiger partial charge in [-0.25, -0.2) is 4.39 Å². The first kappa shape index (κ1) is 22.7. The number of carbonyl (C=O) groups excluding carboxylic acids is 1. The van der Waals surface area contributed by atoms with Gasteiger partial charge in [-0.2, -0.15) is 0 Å². The number of hydrogen-bond donors (Lipinski definition) is 1. The summed E-state index contributed by atoms with van der Waals surface area (Å²) in [5, 5.41) is 3.08. The Hall–Kier alpha value is -2.44. The lowest BCUT2D eigenvalue weighted by Gasteiger charge is -2.39. The van der Waals surface area contributed by atoms with Crippen LogP contribution in [0.5, 0.6) is 5.75 Å². The van der Waals surface area contributed by atoms with E-state index in [1.165, 1.54) is 22.8 Å². The highest BCUT2D eigenvalue weighted by Crippen LogP contribution is 2.38. The van der Waals surface area contributed by atoms with Crippen molar-refractivity contribution < 1.29 is 18.7 Å². The third-order valence-electron chi connectivity index (χ3n) is 7.09. The molecular weight excluding hydrogens is 407 g/mol. The number of piperidine rings is 1. The summed E-state index contributed by atoms with van der Waals surface area (Å²) in [7, 11) is 1.67. The Bertz CT molecular complexity index is 950. The molecule has 2 fully saturated rings. The van der Waals surface area contributed by atoms with Crippen molar-refractivity contribution in [1.82, 2.24) is 10.2 Å². The highest BCUT2D eigenvalue weighted by Gasteiger charge is 2.41. The minimum Gasteiger partial charge on any atom is -0.491 e. The fourth-order valence-corrected chi connectivity index (χ4v) is 5.17. The van der Waals surface area contributed by atoms with Crippen molar-refractivity contribution in [3.8, 4) is 5.75 Å². The van der Waals surface area contributed by atoms with Gasteiger partial charge in [0, 0.05) is 31.8 Å². The molecule has 2 heterocycles. The number of amides is 1. The highest BCUT2D eigenvalue weighted by molar-refractivity contribution is 5.94. The lowest BCUT2D eigenvalue weighted by atomic mass is 9.94. The zero-order chi connectivity index (χ0) is 22.7. The Balaban J connectivity index is 1.39. The molecule has 5 nitrogen and oxygen atoms in total. The third kappa shape index (κ3) is 4.81. The van der Waals surface area contributed by atoms with E-state index in [1.54, 1.807) is 25.3 Å². The van der Waals surface area contributed by atoms with Crippen molar-refractivity contribution >= 4 is 5.91 Å². The van der Waals surface area contributed by atoms with Gasteiger partial charge in [-0.05, 0) is 74.4 Å². The smallest absolute Gasteiger partial charge is 0.254 e. The topological polar surface area (TPSA) is 50.8 Å². The molecule has 32 heavy (non-hydrogen) atoms. The Morgan fingerprint density at radius 2 is 1.78 bits per heavy atom. The van der Waals surface area contributed by atoms with Gasteiger partial charge in [0.2, 0.25) is 0 Å². The molecule has 6 heteroatoms. The number of fused-ring (bicyclic) bond motifs is 2. The SMILES string of the molecule is COCCOc1ccc(CN2C3CCC2CC(NC(=O)c2ccccc2F)C3)c(C)c1C. The van der Waals surface area contributed by atoms with Gasteiger partial charge in [0.25, 0.3) is 5.91 Å². The minimum atomic E-state index is -0.467. The molecule has 2 unspecified atom stereocenters. The van der Waals surface area contributed by atoms with Crippen LogP contribution in [0.15, 0.2) is 36.4 Å². The number of hydrogen-bond acceptors (Lipinski definition) is 4. The quantitative estimate of drug-likeness (QED) is 0.619. The fourth-order valence-electron chi connectivity index (χ4n) is 5.17. The van der Waals surface area contributed by atoms with Gasteiger partial charge in [0.05, 0.1) is 12.2 Å². The van der Waals surface area contributed by atoms with Crippen molar-refractivity contribution in [2.24, 2.45) is 0 Å². The van der Waals surface area contributed by atoms with E-state index >= 15 is 0 Å². The molecule has 1 N–H and O–H groups in total. The summed E-state index contributed by atoms with van der Waals surface area (Å²) in [6.45, 7) is 6.31. The maximum absolute atomic E-state index is 14.0. The first-order valence-corrected chi connectivity index (χ1v) is 11.5. The van der Waals surface area contributed by atoms with Crippen LogP contribution in [-0.2, 0) is 11.3 Å². The normalized spacial score (nSPS) is 22.7. The monoisotopic (exact) mass is 440 g/mol. The van der Waals surface area contributed by atoms with Crippen molar-refractivity contribution in [1.29, 1.82) is 0 Å². The maximum Gasteiger partial charge on any atom is 0.254 e. The molecular formula is C26H33FN2O3. The zero-order valence-corrected chi connectivity index (χ0v) is 19.2. The summed E-state index contributed by atoms with van der Waals surface area (Å²) < 4.78 is 24.9. The van der Waals surface area contributed by atoms with Gasteiger partial charge >= 0.3 is 0 Å². The van der Waals surface area contributed by atoms with Gasteiger partial charge in [-0.15, -0.1) is 0 Å². The van der Waals surface area contributed by atoms with Crippen LogP contribution in [0.1, 0.15) is 52.7 Å². The molecule has 2 aromatic carbocycles. The molecule has 4 rings (SSSR count). The second-order valence-electron chi connectivity index (χ2n) is 8.99. The van der Waals surface area contributed by atoms with Crippen LogP contribution in [0.3, 0.4) is 0 Å². The summed E-state index contributed by atoms with van der Waals surface area (Å²) >= 11 is 0. The van der Waals surface area contributed by atoms with Gasteiger partial charge in [-0.1, -0.05) is 18.2 Å². The number of carbonyl (C=O) groups is 1. The molecule has 0 aromatic heterocycles. The first-order chi connectivity index (χ1) is 15.5. The molecule has 2 saturated heterocycles. The molecule has 2 atom stereocenters. The van der Waals surface area contributed by atoms with Gasteiger partial charge in [0.15, 0.2) is 0 Å². The number of rotatable bonds is 8. The van der Waals surface area contributed by atoms with Crippen LogP contribution in [0.25, 0.3) is 0 Å². The van der Waals surface area contributed by atoms with Crippen LogP contribution >= 0.6 is 0 Å². The molecule has 172 valence electrons. The van der Waals surface area contributed by atoms with E-state index in [9.17, 15) is 9.18 Å². The molecule has 0 radical (unpaired) electrons. The summed E-state index contributed by atoms with van der Waals surface area (Å²) in [5.41, 5.74) is 3.90. The standard InChI is InChI=1S/C26H33FN2O3/c1-17-18(2)25(32-13-12-31-3)11-8-19(17)16-29-21-9-10-22(29)15-20(14-21)28-26(30)23-6-4-5-7-24(23)27/h4-8,11,20-22H,9-10,12-16H2,1-3H3,(H,28,30). The zero-order valence-electron chi connectivity index (χ0n) is 19.2. The third-order valence-corrected chi connectivity index (χ3v) is 7.09. The van der Waals surface area contributed by atoms with Crippen LogP contribution in [-0.4, -0.2) is 49.3 Å². The van der Waals surface area contributed by atoms with Crippen LogP contribution in [0.4, 0.5) is 4.39 Å². The average Bonchev–Trinajstić information content (AvgIpc) is 3.00. The van der Waals surface area contributed by atoms with Crippen LogP contribution in [0, 0.1) is 19.7 Å². The summed E-state index contributed by atoms with van der Waals surface area (Å²) in [4.78, 5) is 15.2. The van der Waals surface area contributed by atoms with E-state index in [4.69, 9.17) is 9.47 Å². The van der Waals surface area contributed by atoms with Gasteiger partial charge in [0.1, 0.15) is 18.2 Å². The van der Waals surface area contributed by atoms with Gasteiger partial charge < -0.3 is 14.8 Å². The molecule has 0 saturated carbocycles. The Labute approximate surface area is 189 Å². The van der Waals surface area contributed by atoms with Crippen molar-refractivity contribution in [2.75, 3.05) is 20.3 Å². The predicted octanol–water partition coefficient (Wildman–Crippen LogP) is 4.39. The summed E-state index contributed by atoms with van der Waals surface area (Å²) in [5.74, 6) is 0.142. The van der Waals surface area contributed by atoms with E-state index < -0.39 is 5.82 Å². The lowest BCUT2D eigenvalue weighted by Crippen LogP contribution is -2.50. The predicted molar refractivity (Wildman–Crippen MR) is 123 cm³/mol. The highest BCUT2D eigenvalue weighted by atomic mass is 19.1. The summed E-state index contributed by atoms with van der Waals surface area (Å²) in [6, 6.07) is 11.4. The molecule has 2 aliphatic heterocycles. The second kappa shape index (κ2) is 10.0.